The number of benzene rings is 2. The number of carboxylic acid groups (broad SMARTS) is 1. The van der Waals surface area contributed by atoms with Gasteiger partial charge in [-0.15, -0.1) is 6.07 Å². The fraction of sp³-hybridized carbons (Fsp3) is 0.217. The van der Waals surface area contributed by atoms with Gasteiger partial charge >= 0.3 is 5.97 Å². The maximum atomic E-state index is 11.8. The van der Waals surface area contributed by atoms with E-state index in [-0.39, 0.29) is 50.7 Å². The van der Waals surface area contributed by atoms with Crippen molar-refractivity contribution < 1.29 is 56.9 Å². The molecule has 7 heteroatoms. The number of carboxylic acids is 1. The summed E-state index contributed by atoms with van der Waals surface area (Å²) in [6.45, 7) is 2.13. The first-order chi connectivity index (χ1) is 14.0. The van der Waals surface area contributed by atoms with Crippen molar-refractivity contribution in [3.8, 4) is 22.7 Å². The number of aromatic carboxylic acids is 1. The topological polar surface area (TPSA) is 77.8 Å². The van der Waals surface area contributed by atoms with Crippen LogP contribution in [-0.4, -0.2) is 35.3 Å². The number of ether oxygens (including phenoxy) is 2. The molecule has 6 nitrogen and oxygen atoms in total. The van der Waals surface area contributed by atoms with Crippen LogP contribution in [0.3, 0.4) is 0 Å². The van der Waals surface area contributed by atoms with Crippen molar-refractivity contribution in [3.63, 3.8) is 0 Å². The number of aromatic nitrogens is 1. The van der Waals surface area contributed by atoms with Gasteiger partial charge in [0, 0.05) is 38.4 Å². The Kier molecular flexibility index (Phi) is 8.81. The first-order valence-corrected chi connectivity index (χ1v) is 9.29. The van der Waals surface area contributed by atoms with Crippen LogP contribution < -0.4 is 4.74 Å². The summed E-state index contributed by atoms with van der Waals surface area (Å²) in [7, 11) is 1.62. The molecule has 30 heavy (non-hydrogen) atoms. The van der Waals surface area contributed by atoms with Crippen LogP contribution >= 0.6 is 0 Å². The number of hydrogen-bond donors (Lipinski definition) is 1. The van der Waals surface area contributed by atoms with Crippen LogP contribution in [0.4, 0.5) is 0 Å². The zero-order valence-electron chi connectivity index (χ0n) is 16.9. The number of methoxy groups -OCH3 is 1. The van der Waals surface area contributed by atoms with Gasteiger partial charge in [0.15, 0.2) is 0 Å². The summed E-state index contributed by atoms with van der Waals surface area (Å²) in [6, 6.07) is 19.3. The number of aryl methyl sites for hydroxylation is 1. The molecule has 3 rings (SSSR count). The van der Waals surface area contributed by atoms with Crippen LogP contribution in [0.15, 0.2) is 54.6 Å². The van der Waals surface area contributed by atoms with E-state index in [4.69, 9.17) is 14.6 Å². The third-order valence-electron chi connectivity index (χ3n) is 4.52. The molecule has 0 amide bonds. The van der Waals surface area contributed by atoms with Crippen LogP contribution in [0.2, 0.25) is 0 Å². The predicted molar refractivity (Wildman–Crippen MR) is 109 cm³/mol. The molecule has 1 aromatic heterocycles. The monoisotopic (exact) mass is 481 g/mol. The van der Waals surface area contributed by atoms with Crippen molar-refractivity contribution >= 4 is 11.9 Å². The zero-order valence-corrected chi connectivity index (χ0v) is 19.8. The second-order valence-electron chi connectivity index (χ2n) is 6.35. The number of hydrogen-bond acceptors (Lipinski definition) is 4. The zero-order chi connectivity index (χ0) is 20.8. The van der Waals surface area contributed by atoms with E-state index in [0.717, 1.165) is 22.7 Å². The number of rotatable bonds is 8. The minimum absolute atomic E-state index is 0. The third kappa shape index (κ3) is 5.58. The predicted octanol–water partition coefficient (Wildman–Crippen LogP) is 4.14. The van der Waals surface area contributed by atoms with E-state index in [1.807, 2.05) is 41.0 Å². The number of esters is 1. The number of carbonyl (C=O) groups excluding carboxylic acids is 1. The van der Waals surface area contributed by atoms with E-state index in [0.29, 0.717) is 18.7 Å². The van der Waals surface area contributed by atoms with Gasteiger partial charge in [-0.25, -0.2) is 0 Å². The quantitative estimate of drug-likeness (QED) is 0.387. The second-order valence-corrected chi connectivity index (χ2v) is 6.35. The molecule has 0 saturated carbocycles. The standard InChI is InChI=1S/C23H22NO5.Y/c1-3-29-22(25)15-11-19-10-14-21(16-6-12-20(28-2)13-7-16)24(19)18-8-4-17(5-9-18)23(26)27;/h4-8,10,12-14H,3,11,15H2,1-2H3,(H,26,27);/q-1;. The Morgan fingerprint density at radius 1 is 1.07 bits per heavy atom. The molecular weight excluding hydrogens is 459 g/mol. The average Bonchev–Trinajstić information content (AvgIpc) is 3.16. The van der Waals surface area contributed by atoms with Crippen molar-refractivity contribution in [1.29, 1.82) is 0 Å². The molecule has 153 valence electrons. The molecule has 0 aliphatic carbocycles. The average molecular weight is 481 g/mol. The number of nitrogens with zero attached hydrogens (tertiary/aromatic N) is 1. The van der Waals surface area contributed by atoms with Gasteiger partial charge in [-0.2, -0.15) is 18.2 Å². The van der Waals surface area contributed by atoms with Gasteiger partial charge in [-0.05, 0) is 55.3 Å². The summed E-state index contributed by atoms with van der Waals surface area (Å²) in [6.07, 6.45) is 0.747. The van der Waals surface area contributed by atoms with Gasteiger partial charge in [0.05, 0.1) is 25.8 Å². The van der Waals surface area contributed by atoms with Crippen LogP contribution in [0.5, 0.6) is 5.75 Å². The Morgan fingerprint density at radius 3 is 2.37 bits per heavy atom. The molecule has 2 aromatic carbocycles. The van der Waals surface area contributed by atoms with Crippen LogP contribution in [0.25, 0.3) is 16.9 Å². The van der Waals surface area contributed by atoms with E-state index in [2.05, 4.69) is 6.07 Å². The Morgan fingerprint density at radius 2 is 1.80 bits per heavy atom. The molecule has 1 N–H and O–H groups in total. The molecule has 0 atom stereocenters. The first kappa shape index (κ1) is 23.8. The smallest absolute Gasteiger partial charge is 0.306 e. The van der Waals surface area contributed by atoms with Gasteiger partial charge in [0.25, 0.3) is 5.97 Å². The minimum atomic E-state index is -1.00. The van der Waals surface area contributed by atoms with Crippen molar-refractivity contribution in [1.82, 2.24) is 4.57 Å². The summed E-state index contributed by atoms with van der Waals surface area (Å²) in [4.78, 5) is 23.0. The molecule has 0 unspecified atom stereocenters. The molecule has 0 saturated heterocycles. The Labute approximate surface area is 200 Å². The minimum Gasteiger partial charge on any atom is -0.497 e. The Hall–Kier alpha value is -2.44. The fourth-order valence-corrected chi connectivity index (χ4v) is 3.10. The van der Waals surface area contributed by atoms with E-state index in [1.165, 1.54) is 6.07 Å². The summed E-state index contributed by atoms with van der Waals surface area (Å²) in [5.74, 6) is -0.499. The molecule has 0 aliphatic heterocycles. The summed E-state index contributed by atoms with van der Waals surface area (Å²) < 4.78 is 12.2. The van der Waals surface area contributed by atoms with Crippen molar-refractivity contribution in [2.24, 2.45) is 0 Å². The van der Waals surface area contributed by atoms with Gasteiger partial charge in [0.2, 0.25) is 0 Å². The Bertz CT molecular complexity index is 993. The van der Waals surface area contributed by atoms with Crippen LogP contribution in [-0.2, 0) is 48.7 Å². The molecule has 0 aliphatic rings. The van der Waals surface area contributed by atoms with E-state index in [9.17, 15) is 9.59 Å². The van der Waals surface area contributed by atoms with Gasteiger partial charge in [0.1, 0.15) is 5.75 Å². The normalized spacial score (nSPS) is 10.2. The molecule has 0 fully saturated rings. The maximum Gasteiger partial charge on any atom is 0.306 e. The Balaban J connectivity index is 0.00000320. The van der Waals surface area contributed by atoms with E-state index < -0.39 is 5.97 Å². The van der Waals surface area contributed by atoms with Gasteiger partial charge in [-0.1, -0.05) is 11.3 Å². The largest absolute Gasteiger partial charge is 0.497 e. The molecule has 0 bridgehead atoms. The first-order valence-electron chi connectivity index (χ1n) is 9.29. The summed E-state index contributed by atoms with van der Waals surface area (Å²) >= 11 is 0. The van der Waals surface area contributed by atoms with Crippen LogP contribution in [0.1, 0.15) is 29.4 Å². The maximum absolute atomic E-state index is 11.8. The van der Waals surface area contributed by atoms with Crippen molar-refractivity contribution in [2.75, 3.05) is 13.7 Å². The van der Waals surface area contributed by atoms with Crippen molar-refractivity contribution in [2.45, 2.75) is 19.8 Å². The summed E-state index contributed by atoms with van der Waals surface area (Å²) in [5.41, 5.74) is 3.64. The van der Waals surface area contributed by atoms with Gasteiger partial charge in [-0.3, -0.25) is 9.59 Å². The molecule has 3 aromatic rings. The summed E-state index contributed by atoms with van der Waals surface area (Å²) in [5, 5.41) is 9.15. The van der Waals surface area contributed by atoms with E-state index in [1.54, 1.807) is 26.2 Å². The third-order valence-corrected chi connectivity index (χ3v) is 4.52. The molecule has 1 heterocycles. The van der Waals surface area contributed by atoms with Crippen LogP contribution in [0, 0.1) is 6.07 Å². The molecule has 0 spiro atoms. The SMILES string of the molecule is CCOC(=O)CCc1ccc(-c2ccc(OC)cc2)n1-c1[c-]cc(C(=O)O)cc1.[Y]. The van der Waals surface area contributed by atoms with Crippen molar-refractivity contribution in [3.05, 3.63) is 71.9 Å². The molecular formula is C23H22NO5Y-. The number of carbonyl (C=O) groups is 2. The fourth-order valence-electron chi connectivity index (χ4n) is 3.10. The van der Waals surface area contributed by atoms with Gasteiger partial charge < -0.3 is 19.1 Å². The molecule has 1 radical (unpaired) electrons. The second kappa shape index (κ2) is 11.1. The van der Waals surface area contributed by atoms with E-state index >= 15 is 0 Å².